The van der Waals surface area contributed by atoms with E-state index >= 15 is 0 Å². The van der Waals surface area contributed by atoms with E-state index < -0.39 is 17.6 Å². The number of nitrogens with zero attached hydrogens (tertiary/aromatic N) is 3. The Morgan fingerprint density at radius 3 is 2.59 bits per heavy atom. The summed E-state index contributed by atoms with van der Waals surface area (Å²) in [4.78, 5) is 33.8. The fraction of sp³-hybridized carbons (Fsp3) is 0.464. The molecule has 2 heterocycles. The highest BCUT2D eigenvalue weighted by Gasteiger charge is 2.49. The largest absolute Gasteiger partial charge is 0.490 e. The topological polar surface area (TPSA) is 135 Å². The van der Waals surface area contributed by atoms with E-state index in [1.807, 2.05) is 13.8 Å². The van der Waals surface area contributed by atoms with Gasteiger partial charge in [-0.15, -0.1) is 0 Å². The number of alkyl carbamates (subject to hydrolysis) is 1. The molecule has 1 aliphatic carbocycles. The molecule has 1 aliphatic rings. The molecular weight excluding hydrogens is 575 g/mol. The molecule has 2 unspecified atom stereocenters. The van der Waals surface area contributed by atoms with Gasteiger partial charge >= 0.3 is 12.1 Å². The lowest BCUT2D eigenvalue weighted by atomic mass is 9.98. The second-order valence-corrected chi connectivity index (χ2v) is 10.9. The normalized spacial score (nSPS) is 18.4. The molecule has 0 bridgehead atoms. The predicted molar refractivity (Wildman–Crippen MR) is 151 cm³/mol. The molecule has 0 radical (unpaired) electrons. The lowest BCUT2D eigenvalue weighted by Crippen LogP contribution is -2.54. The molecule has 0 aliphatic heterocycles. The number of benzene rings is 1. The molecule has 13 heteroatoms. The summed E-state index contributed by atoms with van der Waals surface area (Å²) < 4.78 is 27.6. The van der Waals surface area contributed by atoms with E-state index in [-0.39, 0.29) is 43.1 Å². The molecule has 3 aromatic rings. The van der Waals surface area contributed by atoms with Crippen molar-refractivity contribution in [2.45, 2.75) is 77.7 Å². The van der Waals surface area contributed by atoms with Crippen molar-refractivity contribution in [2.75, 3.05) is 6.61 Å². The van der Waals surface area contributed by atoms with Gasteiger partial charge in [-0.3, -0.25) is 0 Å². The highest BCUT2D eigenvalue weighted by molar-refractivity contribution is 6.33. The van der Waals surface area contributed by atoms with E-state index in [1.54, 1.807) is 45.0 Å². The molecule has 2 atom stereocenters. The third kappa shape index (κ3) is 7.39. The summed E-state index contributed by atoms with van der Waals surface area (Å²) in [6.45, 7) is 9.11. The third-order valence-corrected chi connectivity index (χ3v) is 6.71. The molecule has 220 valence electrons. The van der Waals surface area contributed by atoms with E-state index in [1.165, 1.54) is 6.20 Å². The molecule has 4 rings (SSSR count). The van der Waals surface area contributed by atoms with Crippen LogP contribution in [0.25, 0.3) is 22.8 Å². The Balaban J connectivity index is 1.46. The van der Waals surface area contributed by atoms with Gasteiger partial charge < -0.3 is 28.8 Å². The first-order chi connectivity index (χ1) is 19.5. The number of nitrogens with one attached hydrogen (secondary N) is 1. The van der Waals surface area contributed by atoms with Gasteiger partial charge in [0, 0.05) is 18.2 Å². The number of amides is 1. The quantitative estimate of drug-likeness (QED) is 0.263. The van der Waals surface area contributed by atoms with Gasteiger partial charge in [0.1, 0.15) is 22.4 Å². The SMILES string of the molecule is CCOC(=O)C1(NC(=O)OC(C)C)CCC(Oc2ccc(-c3noc(-c4cnc(OC(C)C)c(Cl)c4)n3)c(Cl)c2)C1. The van der Waals surface area contributed by atoms with Gasteiger partial charge in [-0.2, -0.15) is 4.98 Å². The number of halogens is 2. The van der Waals surface area contributed by atoms with Gasteiger partial charge in [-0.05, 0) is 71.7 Å². The van der Waals surface area contributed by atoms with Crippen LogP contribution in [0.1, 0.15) is 53.9 Å². The molecule has 1 amide bonds. The number of ether oxygens (including phenoxy) is 4. The lowest BCUT2D eigenvalue weighted by Gasteiger charge is -2.28. The second-order valence-electron chi connectivity index (χ2n) is 10.1. The fourth-order valence-corrected chi connectivity index (χ4v) is 4.87. The van der Waals surface area contributed by atoms with Gasteiger partial charge in [0.05, 0.1) is 29.4 Å². The maximum atomic E-state index is 12.8. The van der Waals surface area contributed by atoms with E-state index in [0.29, 0.717) is 45.6 Å². The Labute approximate surface area is 247 Å². The average Bonchev–Trinajstić information content (AvgIpc) is 3.53. The maximum Gasteiger partial charge on any atom is 0.408 e. The fourth-order valence-electron chi connectivity index (χ4n) is 4.40. The summed E-state index contributed by atoms with van der Waals surface area (Å²) >= 11 is 12.9. The zero-order chi connectivity index (χ0) is 29.7. The zero-order valence-corrected chi connectivity index (χ0v) is 24.9. The Morgan fingerprint density at radius 1 is 1.15 bits per heavy atom. The van der Waals surface area contributed by atoms with E-state index in [9.17, 15) is 9.59 Å². The molecule has 1 saturated carbocycles. The lowest BCUT2D eigenvalue weighted by molar-refractivity contribution is -0.151. The maximum absolute atomic E-state index is 12.8. The molecule has 2 aromatic heterocycles. The van der Waals surface area contributed by atoms with E-state index in [0.717, 1.165) is 0 Å². The molecule has 1 fully saturated rings. The Hall–Kier alpha value is -3.57. The number of carbonyl (C=O) groups excluding carboxylic acids is 2. The van der Waals surface area contributed by atoms with Gasteiger partial charge in [0.25, 0.3) is 5.89 Å². The van der Waals surface area contributed by atoms with Crippen LogP contribution >= 0.6 is 23.2 Å². The summed E-state index contributed by atoms with van der Waals surface area (Å²) in [5.74, 6) is 0.758. The number of pyridine rings is 1. The van der Waals surface area contributed by atoms with Crippen molar-refractivity contribution >= 4 is 35.3 Å². The standard InChI is InChI=1S/C28H32Cl2N4O7/c1-6-37-26(35)28(33-27(36)39-16(4)5)10-9-19(13-28)40-18-7-8-20(21(29)12-18)23-32-24(41-34-23)17-11-22(30)25(31-14-17)38-15(2)3/h7-8,11-12,14-16,19H,6,9-10,13H2,1-5H3,(H,33,36). The van der Waals surface area contributed by atoms with E-state index in [2.05, 4.69) is 20.4 Å². The van der Waals surface area contributed by atoms with Crippen molar-refractivity contribution in [1.82, 2.24) is 20.4 Å². The molecule has 0 spiro atoms. The minimum atomic E-state index is -1.24. The molecule has 1 aromatic carbocycles. The summed E-state index contributed by atoms with van der Waals surface area (Å²) in [7, 11) is 0. The van der Waals surface area contributed by atoms with Crippen LogP contribution in [0.4, 0.5) is 4.79 Å². The van der Waals surface area contributed by atoms with Gasteiger partial charge in [0.2, 0.25) is 11.7 Å². The number of esters is 1. The minimum Gasteiger partial charge on any atom is -0.490 e. The number of carbonyl (C=O) groups is 2. The first-order valence-corrected chi connectivity index (χ1v) is 14.0. The smallest absolute Gasteiger partial charge is 0.408 e. The third-order valence-electron chi connectivity index (χ3n) is 6.13. The summed E-state index contributed by atoms with van der Waals surface area (Å²) in [5, 5.41) is 7.41. The van der Waals surface area contributed by atoms with Crippen molar-refractivity contribution in [2.24, 2.45) is 0 Å². The molecular formula is C28H32Cl2N4O7. The zero-order valence-electron chi connectivity index (χ0n) is 23.4. The van der Waals surface area contributed by atoms with Crippen LogP contribution in [0.15, 0.2) is 35.0 Å². The highest BCUT2D eigenvalue weighted by Crippen LogP contribution is 2.37. The summed E-state index contributed by atoms with van der Waals surface area (Å²) in [5.41, 5.74) is -0.190. The number of rotatable bonds is 10. The van der Waals surface area contributed by atoms with Crippen LogP contribution in [0.2, 0.25) is 10.0 Å². The van der Waals surface area contributed by atoms with Gasteiger partial charge in [0.15, 0.2) is 0 Å². The van der Waals surface area contributed by atoms with Crippen molar-refractivity contribution in [3.63, 3.8) is 0 Å². The first kappa shape index (κ1) is 30.4. The molecule has 0 saturated heterocycles. The summed E-state index contributed by atoms with van der Waals surface area (Å²) in [6, 6.07) is 6.70. The van der Waals surface area contributed by atoms with Crippen molar-refractivity contribution < 1.29 is 33.1 Å². The van der Waals surface area contributed by atoms with Gasteiger partial charge in [-0.1, -0.05) is 28.4 Å². The van der Waals surface area contributed by atoms with Crippen LogP contribution in [0.5, 0.6) is 11.6 Å². The van der Waals surface area contributed by atoms with Crippen molar-refractivity contribution in [1.29, 1.82) is 0 Å². The molecule has 41 heavy (non-hydrogen) atoms. The second kappa shape index (κ2) is 12.9. The summed E-state index contributed by atoms with van der Waals surface area (Å²) in [6.07, 6.45) is 1.12. The molecule has 1 N–H and O–H groups in total. The monoisotopic (exact) mass is 606 g/mol. The molecule has 11 nitrogen and oxygen atoms in total. The Morgan fingerprint density at radius 2 is 1.93 bits per heavy atom. The van der Waals surface area contributed by atoms with Crippen LogP contribution < -0.4 is 14.8 Å². The van der Waals surface area contributed by atoms with Crippen LogP contribution in [-0.4, -0.2) is 57.6 Å². The van der Waals surface area contributed by atoms with Crippen molar-refractivity contribution in [3.8, 4) is 34.5 Å². The van der Waals surface area contributed by atoms with Crippen LogP contribution in [-0.2, 0) is 14.3 Å². The number of hydrogen-bond acceptors (Lipinski definition) is 10. The minimum absolute atomic E-state index is 0.0751. The number of aromatic nitrogens is 3. The predicted octanol–water partition coefficient (Wildman–Crippen LogP) is 6.26. The Kier molecular flexibility index (Phi) is 9.60. The van der Waals surface area contributed by atoms with Crippen LogP contribution in [0, 0.1) is 0 Å². The van der Waals surface area contributed by atoms with Crippen molar-refractivity contribution in [3.05, 3.63) is 40.5 Å². The average molecular weight is 607 g/mol. The highest BCUT2D eigenvalue weighted by atomic mass is 35.5. The van der Waals surface area contributed by atoms with E-state index in [4.69, 9.17) is 46.7 Å². The van der Waals surface area contributed by atoms with Crippen LogP contribution in [0.3, 0.4) is 0 Å². The number of hydrogen-bond donors (Lipinski definition) is 1. The first-order valence-electron chi connectivity index (χ1n) is 13.3. The van der Waals surface area contributed by atoms with Gasteiger partial charge in [-0.25, -0.2) is 14.6 Å². The Bertz CT molecular complexity index is 1400.